The fraction of sp³-hybridized carbons (Fsp3) is 0.200. The number of benzene rings is 1. The molecule has 0 saturated heterocycles. The molecule has 18 heavy (non-hydrogen) atoms. The molecule has 3 nitrogen and oxygen atoms in total. The third kappa shape index (κ3) is 2.67. The van der Waals surface area contributed by atoms with E-state index in [0.717, 1.165) is 17.8 Å². The molecule has 0 unspecified atom stereocenters. The van der Waals surface area contributed by atoms with Crippen LogP contribution in [0.5, 0.6) is 0 Å². The Kier molecular flexibility index (Phi) is 3.59. The van der Waals surface area contributed by atoms with Gasteiger partial charge in [-0.25, -0.2) is 4.98 Å². The molecule has 1 N–H and O–H groups in total. The van der Waals surface area contributed by atoms with Crippen molar-refractivity contribution in [1.29, 1.82) is 5.26 Å². The van der Waals surface area contributed by atoms with Crippen molar-refractivity contribution >= 4 is 11.5 Å². The highest BCUT2D eigenvalue weighted by atomic mass is 15.0. The van der Waals surface area contributed by atoms with Crippen LogP contribution in [0.25, 0.3) is 0 Å². The van der Waals surface area contributed by atoms with Crippen LogP contribution < -0.4 is 5.32 Å². The summed E-state index contributed by atoms with van der Waals surface area (Å²) in [6.07, 6.45) is 0.988. The minimum Gasteiger partial charge on any atom is -0.339 e. The highest BCUT2D eigenvalue weighted by Gasteiger charge is 2.04. The van der Waals surface area contributed by atoms with Crippen molar-refractivity contribution < 1.29 is 0 Å². The molecule has 3 heteroatoms. The molecule has 0 aliphatic heterocycles. The minimum absolute atomic E-state index is 0.558. The second-order valence-electron chi connectivity index (χ2n) is 4.14. The van der Waals surface area contributed by atoms with Crippen LogP contribution in [-0.2, 0) is 6.42 Å². The van der Waals surface area contributed by atoms with Crippen molar-refractivity contribution in [1.82, 2.24) is 4.98 Å². The van der Waals surface area contributed by atoms with Gasteiger partial charge in [-0.15, -0.1) is 0 Å². The summed E-state index contributed by atoms with van der Waals surface area (Å²) in [6, 6.07) is 13.9. The average Bonchev–Trinajstić information content (AvgIpc) is 2.39. The number of rotatable bonds is 3. The van der Waals surface area contributed by atoms with Gasteiger partial charge < -0.3 is 5.32 Å². The van der Waals surface area contributed by atoms with Gasteiger partial charge in [-0.3, -0.25) is 0 Å². The second-order valence-corrected chi connectivity index (χ2v) is 4.14. The van der Waals surface area contributed by atoms with E-state index in [1.807, 2.05) is 25.1 Å². The van der Waals surface area contributed by atoms with Crippen molar-refractivity contribution in [2.24, 2.45) is 0 Å². The van der Waals surface area contributed by atoms with E-state index in [0.29, 0.717) is 11.4 Å². The Morgan fingerprint density at radius 3 is 2.83 bits per heavy atom. The van der Waals surface area contributed by atoms with E-state index in [1.54, 1.807) is 6.07 Å². The first-order chi connectivity index (χ1) is 8.72. The van der Waals surface area contributed by atoms with Gasteiger partial charge in [0, 0.05) is 11.4 Å². The standard InChI is InChI=1S/C15H15N3/c1-3-12-5-4-6-14(9-12)18-15-13(10-16)8-7-11(2)17-15/h4-9H,3H2,1-2H3,(H,17,18). The minimum atomic E-state index is 0.558. The summed E-state index contributed by atoms with van der Waals surface area (Å²) in [5, 5.41) is 12.3. The molecule has 0 fully saturated rings. The molecule has 1 aromatic heterocycles. The molecule has 1 heterocycles. The van der Waals surface area contributed by atoms with Crippen molar-refractivity contribution in [3.05, 3.63) is 53.2 Å². The molecule has 1 aromatic carbocycles. The highest BCUT2D eigenvalue weighted by molar-refractivity contribution is 5.63. The van der Waals surface area contributed by atoms with Crippen LogP contribution in [-0.4, -0.2) is 4.98 Å². The van der Waals surface area contributed by atoms with Gasteiger partial charge in [0.1, 0.15) is 11.9 Å². The maximum atomic E-state index is 9.06. The second kappa shape index (κ2) is 5.33. The fourth-order valence-electron chi connectivity index (χ4n) is 1.75. The van der Waals surface area contributed by atoms with E-state index in [1.165, 1.54) is 5.56 Å². The van der Waals surface area contributed by atoms with E-state index >= 15 is 0 Å². The van der Waals surface area contributed by atoms with Gasteiger partial charge >= 0.3 is 0 Å². The summed E-state index contributed by atoms with van der Waals surface area (Å²) in [7, 11) is 0. The van der Waals surface area contributed by atoms with E-state index in [2.05, 4.69) is 35.4 Å². The van der Waals surface area contributed by atoms with Crippen LogP contribution in [0.1, 0.15) is 23.7 Å². The van der Waals surface area contributed by atoms with Crippen LogP contribution in [0.3, 0.4) is 0 Å². The fourth-order valence-corrected chi connectivity index (χ4v) is 1.75. The van der Waals surface area contributed by atoms with Gasteiger partial charge in [-0.2, -0.15) is 5.26 Å². The van der Waals surface area contributed by atoms with Gasteiger partial charge in [-0.1, -0.05) is 19.1 Å². The van der Waals surface area contributed by atoms with Gasteiger partial charge in [0.05, 0.1) is 5.56 Å². The lowest BCUT2D eigenvalue weighted by Crippen LogP contribution is -1.98. The Labute approximate surface area is 107 Å². The SMILES string of the molecule is CCc1cccc(Nc2nc(C)ccc2C#N)c1. The van der Waals surface area contributed by atoms with Crippen molar-refractivity contribution in [3.63, 3.8) is 0 Å². The van der Waals surface area contributed by atoms with Gasteiger partial charge in [-0.05, 0) is 43.2 Å². The number of nitriles is 1. The third-order valence-electron chi connectivity index (χ3n) is 2.75. The summed E-state index contributed by atoms with van der Waals surface area (Å²) in [5.41, 5.74) is 3.67. The number of anilines is 2. The first kappa shape index (κ1) is 12.1. The predicted molar refractivity (Wildman–Crippen MR) is 72.8 cm³/mol. The maximum absolute atomic E-state index is 9.06. The Morgan fingerprint density at radius 2 is 2.11 bits per heavy atom. The molecule has 2 aromatic rings. The first-order valence-electron chi connectivity index (χ1n) is 5.96. The van der Waals surface area contributed by atoms with Crippen LogP contribution >= 0.6 is 0 Å². The number of aromatic nitrogens is 1. The van der Waals surface area contributed by atoms with Crippen LogP contribution in [0, 0.1) is 18.3 Å². The van der Waals surface area contributed by atoms with Crippen LogP contribution in [0.2, 0.25) is 0 Å². The van der Waals surface area contributed by atoms with Gasteiger partial charge in [0.15, 0.2) is 0 Å². The number of pyridine rings is 1. The molecule has 0 bridgehead atoms. The van der Waals surface area contributed by atoms with E-state index < -0.39 is 0 Å². The lowest BCUT2D eigenvalue weighted by Gasteiger charge is -2.09. The van der Waals surface area contributed by atoms with E-state index in [4.69, 9.17) is 5.26 Å². The molecule has 0 spiro atoms. The number of nitrogens with one attached hydrogen (secondary N) is 1. The van der Waals surface area contributed by atoms with Gasteiger partial charge in [0.25, 0.3) is 0 Å². The third-order valence-corrected chi connectivity index (χ3v) is 2.75. The number of aryl methyl sites for hydroxylation is 2. The van der Waals surface area contributed by atoms with Crippen molar-refractivity contribution in [3.8, 4) is 6.07 Å². The quantitative estimate of drug-likeness (QED) is 0.887. The molecular formula is C15H15N3. The Morgan fingerprint density at radius 1 is 1.28 bits per heavy atom. The van der Waals surface area contributed by atoms with Crippen LogP contribution in [0.15, 0.2) is 36.4 Å². The molecule has 0 atom stereocenters. The van der Waals surface area contributed by atoms with Gasteiger partial charge in [0.2, 0.25) is 0 Å². The summed E-state index contributed by atoms with van der Waals surface area (Å²) in [6.45, 7) is 4.03. The van der Waals surface area contributed by atoms with E-state index in [-0.39, 0.29) is 0 Å². The predicted octanol–water partition coefficient (Wildman–Crippen LogP) is 3.57. The zero-order valence-electron chi connectivity index (χ0n) is 10.6. The summed E-state index contributed by atoms with van der Waals surface area (Å²) < 4.78 is 0. The molecule has 90 valence electrons. The zero-order chi connectivity index (χ0) is 13.0. The maximum Gasteiger partial charge on any atom is 0.148 e. The average molecular weight is 237 g/mol. The molecule has 2 rings (SSSR count). The van der Waals surface area contributed by atoms with Crippen molar-refractivity contribution in [2.75, 3.05) is 5.32 Å². The topological polar surface area (TPSA) is 48.7 Å². The highest BCUT2D eigenvalue weighted by Crippen LogP contribution is 2.19. The molecular weight excluding hydrogens is 222 g/mol. The molecule has 0 amide bonds. The molecule has 0 aliphatic carbocycles. The smallest absolute Gasteiger partial charge is 0.148 e. The molecule has 0 radical (unpaired) electrons. The van der Waals surface area contributed by atoms with Crippen molar-refractivity contribution in [2.45, 2.75) is 20.3 Å². The Bertz CT molecular complexity index is 597. The lowest BCUT2D eigenvalue weighted by molar-refractivity contribution is 1.14. The Balaban J connectivity index is 2.33. The summed E-state index contributed by atoms with van der Waals surface area (Å²) >= 11 is 0. The summed E-state index contributed by atoms with van der Waals surface area (Å²) in [5.74, 6) is 0.616. The number of nitrogens with zero attached hydrogens (tertiary/aromatic N) is 2. The number of hydrogen-bond acceptors (Lipinski definition) is 3. The zero-order valence-corrected chi connectivity index (χ0v) is 10.6. The molecule has 0 saturated carbocycles. The monoisotopic (exact) mass is 237 g/mol. The largest absolute Gasteiger partial charge is 0.339 e. The lowest BCUT2D eigenvalue weighted by atomic mass is 10.1. The normalized spacial score (nSPS) is 9.83. The number of hydrogen-bond donors (Lipinski definition) is 1. The summed E-state index contributed by atoms with van der Waals surface area (Å²) in [4.78, 5) is 4.36. The van der Waals surface area contributed by atoms with E-state index in [9.17, 15) is 0 Å². The molecule has 0 aliphatic rings. The van der Waals surface area contributed by atoms with Crippen LogP contribution in [0.4, 0.5) is 11.5 Å². The Hall–Kier alpha value is -2.34. The first-order valence-corrected chi connectivity index (χ1v) is 5.96.